The van der Waals surface area contributed by atoms with Crippen molar-refractivity contribution in [3.8, 4) is 0 Å². The van der Waals surface area contributed by atoms with Crippen molar-refractivity contribution < 1.29 is 0 Å². The highest BCUT2D eigenvalue weighted by Crippen LogP contribution is 2.06. The van der Waals surface area contributed by atoms with Crippen LogP contribution in [0.15, 0.2) is 30.9 Å². The summed E-state index contributed by atoms with van der Waals surface area (Å²) in [6.07, 6.45) is 5.31. The van der Waals surface area contributed by atoms with Crippen molar-refractivity contribution >= 4 is 5.82 Å². The van der Waals surface area contributed by atoms with Crippen molar-refractivity contribution in [1.29, 1.82) is 0 Å². The van der Waals surface area contributed by atoms with Crippen LogP contribution in [0, 0.1) is 6.92 Å². The highest BCUT2D eigenvalue weighted by atomic mass is 15.1. The van der Waals surface area contributed by atoms with Gasteiger partial charge in [-0.15, -0.1) is 0 Å². The van der Waals surface area contributed by atoms with E-state index < -0.39 is 0 Å². The van der Waals surface area contributed by atoms with E-state index in [-0.39, 0.29) is 0 Å². The number of anilines is 1. The summed E-state index contributed by atoms with van der Waals surface area (Å²) in [7, 11) is 0. The van der Waals surface area contributed by atoms with Gasteiger partial charge in [0.1, 0.15) is 5.82 Å². The van der Waals surface area contributed by atoms with Crippen LogP contribution in [0.5, 0.6) is 0 Å². The summed E-state index contributed by atoms with van der Waals surface area (Å²) in [4.78, 5) is 8.25. The fourth-order valence-electron chi connectivity index (χ4n) is 1.32. The minimum absolute atomic E-state index is 0.540. The summed E-state index contributed by atoms with van der Waals surface area (Å²) < 4.78 is 1.92. The van der Waals surface area contributed by atoms with E-state index in [1.807, 2.05) is 23.6 Å². The van der Waals surface area contributed by atoms with Crippen molar-refractivity contribution in [3.63, 3.8) is 0 Å². The van der Waals surface area contributed by atoms with Gasteiger partial charge in [-0.05, 0) is 18.6 Å². The summed E-state index contributed by atoms with van der Waals surface area (Å²) in [6.45, 7) is 2.76. The molecule has 0 aromatic carbocycles. The standard InChI is InChI=1S/C10H12N4/c1-8-3-2-4-12-9(8)5-14-6-10(11)13-7-14/h2-4,6-7H,5,11H2,1H3. The third-order valence-electron chi connectivity index (χ3n) is 2.10. The van der Waals surface area contributed by atoms with E-state index in [4.69, 9.17) is 5.73 Å². The van der Waals surface area contributed by atoms with Gasteiger partial charge in [-0.25, -0.2) is 4.98 Å². The second-order valence-electron chi connectivity index (χ2n) is 3.24. The molecule has 4 heteroatoms. The number of aryl methyl sites for hydroxylation is 1. The lowest BCUT2D eigenvalue weighted by atomic mass is 10.2. The van der Waals surface area contributed by atoms with Gasteiger partial charge in [0.15, 0.2) is 0 Å². The lowest BCUT2D eigenvalue weighted by molar-refractivity contribution is 0.767. The largest absolute Gasteiger partial charge is 0.382 e. The smallest absolute Gasteiger partial charge is 0.141 e. The maximum absolute atomic E-state index is 5.52. The predicted molar refractivity (Wildman–Crippen MR) is 54.7 cm³/mol. The maximum atomic E-state index is 5.52. The van der Waals surface area contributed by atoms with Gasteiger partial charge in [0, 0.05) is 12.4 Å². The average Bonchev–Trinajstić information content (AvgIpc) is 2.56. The molecule has 0 aliphatic heterocycles. The van der Waals surface area contributed by atoms with Crippen molar-refractivity contribution in [2.24, 2.45) is 0 Å². The Kier molecular flexibility index (Phi) is 2.18. The van der Waals surface area contributed by atoms with Gasteiger partial charge in [-0.1, -0.05) is 6.07 Å². The molecule has 2 aromatic heterocycles. The fourth-order valence-corrected chi connectivity index (χ4v) is 1.32. The molecule has 2 rings (SSSR count). The quantitative estimate of drug-likeness (QED) is 0.770. The average molecular weight is 188 g/mol. The van der Waals surface area contributed by atoms with E-state index in [2.05, 4.69) is 9.97 Å². The monoisotopic (exact) mass is 188 g/mol. The van der Waals surface area contributed by atoms with Crippen LogP contribution in [-0.4, -0.2) is 14.5 Å². The Morgan fingerprint density at radius 3 is 2.93 bits per heavy atom. The topological polar surface area (TPSA) is 56.7 Å². The maximum Gasteiger partial charge on any atom is 0.141 e. The number of imidazole rings is 1. The van der Waals surface area contributed by atoms with Crippen LogP contribution in [0.1, 0.15) is 11.3 Å². The van der Waals surface area contributed by atoms with Gasteiger partial charge >= 0.3 is 0 Å². The molecule has 0 unspecified atom stereocenters. The molecule has 0 spiro atoms. The lowest BCUT2D eigenvalue weighted by Gasteiger charge is -2.03. The van der Waals surface area contributed by atoms with Gasteiger partial charge in [0.2, 0.25) is 0 Å². The molecule has 2 heterocycles. The summed E-state index contributed by atoms with van der Waals surface area (Å²) >= 11 is 0. The number of pyridine rings is 1. The van der Waals surface area contributed by atoms with Crippen molar-refractivity contribution in [1.82, 2.24) is 14.5 Å². The molecular weight excluding hydrogens is 176 g/mol. The Morgan fingerprint density at radius 2 is 2.29 bits per heavy atom. The zero-order valence-corrected chi connectivity index (χ0v) is 8.01. The molecule has 0 amide bonds. The molecule has 0 aliphatic rings. The minimum atomic E-state index is 0.540. The molecular formula is C10H12N4. The Bertz CT molecular complexity index is 433. The van der Waals surface area contributed by atoms with Crippen LogP contribution < -0.4 is 5.73 Å². The van der Waals surface area contributed by atoms with Crippen LogP contribution in [0.3, 0.4) is 0 Å². The molecule has 0 bridgehead atoms. The third kappa shape index (κ3) is 1.74. The molecule has 0 saturated carbocycles. The van der Waals surface area contributed by atoms with Crippen LogP contribution in [-0.2, 0) is 6.54 Å². The van der Waals surface area contributed by atoms with E-state index in [0.29, 0.717) is 5.82 Å². The Balaban J connectivity index is 2.23. The molecule has 0 fully saturated rings. The van der Waals surface area contributed by atoms with E-state index in [9.17, 15) is 0 Å². The van der Waals surface area contributed by atoms with E-state index >= 15 is 0 Å². The lowest BCUT2D eigenvalue weighted by Crippen LogP contribution is -2.01. The highest BCUT2D eigenvalue weighted by Gasteiger charge is 2.00. The SMILES string of the molecule is Cc1cccnc1Cn1cnc(N)c1. The molecule has 2 aromatic rings. The Morgan fingerprint density at radius 1 is 1.43 bits per heavy atom. The minimum Gasteiger partial charge on any atom is -0.382 e. The first-order valence-electron chi connectivity index (χ1n) is 4.43. The van der Waals surface area contributed by atoms with E-state index in [1.54, 1.807) is 18.7 Å². The molecule has 0 aliphatic carbocycles. The molecule has 0 radical (unpaired) electrons. The van der Waals surface area contributed by atoms with Gasteiger partial charge < -0.3 is 10.3 Å². The normalized spacial score (nSPS) is 10.4. The van der Waals surface area contributed by atoms with Gasteiger partial charge in [0.25, 0.3) is 0 Å². The first kappa shape index (κ1) is 8.74. The number of aromatic nitrogens is 3. The summed E-state index contributed by atoms with van der Waals surface area (Å²) in [6, 6.07) is 3.98. The first-order valence-corrected chi connectivity index (χ1v) is 4.43. The van der Waals surface area contributed by atoms with Crippen molar-refractivity contribution in [2.45, 2.75) is 13.5 Å². The van der Waals surface area contributed by atoms with Gasteiger partial charge in [-0.3, -0.25) is 4.98 Å². The number of hydrogen-bond acceptors (Lipinski definition) is 3. The molecule has 2 N–H and O–H groups in total. The van der Waals surface area contributed by atoms with Crippen LogP contribution >= 0.6 is 0 Å². The summed E-state index contributed by atoms with van der Waals surface area (Å²) in [5.41, 5.74) is 7.74. The number of nitrogens with two attached hydrogens (primary N) is 1. The Hall–Kier alpha value is -1.84. The van der Waals surface area contributed by atoms with Crippen LogP contribution in [0.2, 0.25) is 0 Å². The van der Waals surface area contributed by atoms with E-state index in [0.717, 1.165) is 12.2 Å². The molecule has 0 atom stereocenters. The molecule has 4 nitrogen and oxygen atoms in total. The second kappa shape index (κ2) is 3.49. The zero-order chi connectivity index (χ0) is 9.97. The Labute approximate surface area is 82.4 Å². The number of nitrogens with zero attached hydrogens (tertiary/aromatic N) is 3. The zero-order valence-electron chi connectivity index (χ0n) is 8.01. The van der Waals surface area contributed by atoms with Crippen molar-refractivity contribution in [2.75, 3.05) is 5.73 Å². The van der Waals surface area contributed by atoms with Crippen LogP contribution in [0.25, 0.3) is 0 Å². The first-order chi connectivity index (χ1) is 6.75. The second-order valence-corrected chi connectivity index (χ2v) is 3.24. The highest BCUT2D eigenvalue weighted by molar-refractivity contribution is 5.24. The fraction of sp³-hybridized carbons (Fsp3) is 0.200. The third-order valence-corrected chi connectivity index (χ3v) is 2.10. The molecule has 14 heavy (non-hydrogen) atoms. The molecule has 72 valence electrons. The predicted octanol–water partition coefficient (Wildman–Crippen LogP) is 1.22. The number of hydrogen-bond donors (Lipinski definition) is 1. The van der Waals surface area contributed by atoms with Crippen LogP contribution in [0.4, 0.5) is 5.82 Å². The van der Waals surface area contributed by atoms with E-state index in [1.165, 1.54) is 5.56 Å². The summed E-state index contributed by atoms with van der Waals surface area (Å²) in [5, 5.41) is 0. The van der Waals surface area contributed by atoms with Gasteiger partial charge in [0.05, 0.1) is 18.6 Å². The molecule has 0 saturated heterocycles. The summed E-state index contributed by atoms with van der Waals surface area (Å²) in [5.74, 6) is 0.540. The van der Waals surface area contributed by atoms with Crippen molar-refractivity contribution in [3.05, 3.63) is 42.1 Å². The van der Waals surface area contributed by atoms with Gasteiger partial charge in [-0.2, -0.15) is 0 Å². The number of nitrogen functional groups attached to an aromatic ring is 1. The number of rotatable bonds is 2.